The number of carbonyl (C=O) groups excluding carboxylic acids is 1. The van der Waals surface area contributed by atoms with Gasteiger partial charge >= 0.3 is 0 Å². The molecule has 1 radical (unpaired) electrons. The molecule has 1 rings (SSSR count). The van der Waals surface area contributed by atoms with E-state index >= 15 is 0 Å². The first-order chi connectivity index (χ1) is 5.70. The van der Waals surface area contributed by atoms with Crippen molar-refractivity contribution in [2.75, 3.05) is 0 Å². The number of hydrogen-bond donors (Lipinski definition) is 1. The lowest BCUT2D eigenvalue weighted by Gasteiger charge is -2.34. The molecule has 2 nitrogen and oxygen atoms in total. The summed E-state index contributed by atoms with van der Waals surface area (Å²) in [5.41, 5.74) is -0.715. The maximum absolute atomic E-state index is 10.1. The molecule has 0 saturated heterocycles. The van der Waals surface area contributed by atoms with Crippen molar-refractivity contribution in [1.82, 2.24) is 0 Å². The fourth-order valence-corrected chi connectivity index (χ4v) is 1.93. The normalized spacial score (nSPS) is 36.3. The Bertz CT molecular complexity index is 146. The highest BCUT2D eigenvalue weighted by atomic mass is 16.3. The van der Waals surface area contributed by atoms with Gasteiger partial charge in [-0.25, -0.2) is 0 Å². The van der Waals surface area contributed by atoms with E-state index in [1.807, 2.05) is 6.29 Å². The van der Waals surface area contributed by atoms with Crippen molar-refractivity contribution in [2.24, 2.45) is 5.92 Å². The lowest BCUT2D eigenvalue weighted by Crippen LogP contribution is -2.34. The molecule has 0 amide bonds. The molecule has 0 unspecified atom stereocenters. The van der Waals surface area contributed by atoms with Gasteiger partial charge in [0.2, 0.25) is 6.29 Å². The van der Waals surface area contributed by atoms with Gasteiger partial charge in [-0.1, -0.05) is 13.3 Å². The molecule has 0 heterocycles. The summed E-state index contributed by atoms with van der Waals surface area (Å²) in [6.07, 6.45) is 6.89. The molecule has 1 aliphatic carbocycles. The van der Waals surface area contributed by atoms with E-state index in [-0.39, 0.29) is 6.42 Å². The van der Waals surface area contributed by atoms with Crippen molar-refractivity contribution in [3.63, 3.8) is 0 Å². The zero-order chi connectivity index (χ0) is 9.03. The Morgan fingerprint density at radius 2 is 2.08 bits per heavy atom. The fraction of sp³-hybridized carbons (Fsp3) is 0.900. The summed E-state index contributed by atoms with van der Waals surface area (Å²) in [4.78, 5) is 10.1. The number of aliphatic hydroxyl groups is 1. The van der Waals surface area contributed by atoms with E-state index in [9.17, 15) is 9.90 Å². The molecule has 0 aromatic carbocycles. The highest BCUT2D eigenvalue weighted by molar-refractivity contribution is 5.52. The van der Waals surface area contributed by atoms with E-state index in [0.717, 1.165) is 31.6 Å². The third kappa shape index (κ3) is 2.31. The Morgan fingerprint density at radius 3 is 2.50 bits per heavy atom. The van der Waals surface area contributed by atoms with Gasteiger partial charge in [-0.3, -0.25) is 4.79 Å². The molecule has 69 valence electrons. The quantitative estimate of drug-likeness (QED) is 0.699. The van der Waals surface area contributed by atoms with Crippen LogP contribution in [0, 0.1) is 5.92 Å². The van der Waals surface area contributed by atoms with Crippen molar-refractivity contribution < 1.29 is 9.90 Å². The average Bonchev–Trinajstić information content (AvgIpc) is 2.06. The molecule has 0 aromatic heterocycles. The Labute approximate surface area is 74.0 Å². The predicted octanol–water partition coefficient (Wildman–Crippen LogP) is 1.82. The van der Waals surface area contributed by atoms with Crippen LogP contribution in [0.5, 0.6) is 0 Å². The van der Waals surface area contributed by atoms with Gasteiger partial charge < -0.3 is 5.11 Å². The lowest BCUT2D eigenvalue weighted by atomic mass is 9.76. The van der Waals surface area contributed by atoms with E-state index < -0.39 is 5.60 Å². The zero-order valence-electron chi connectivity index (χ0n) is 7.68. The minimum absolute atomic E-state index is 0.198. The molecule has 2 heteroatoms. The van der Waals surface area contributed by atoms with Gasteiger partial charge in [0.05, 0.1) is 5.60 Å². The second-order valence-electron chi connectivity index (χ2n) is 3.90. The van der Waals surface area contributed by atoms with E-state index in [0.29, 0.717) is 0 Å². The first-order valence-electron chi connectivity index (χ1n) is 4.77. The van der Waals surface area contributed by atoms with Crippen molar-refractivity contribution >= 4 is 6.29 Å². The third-order valence-corrected chi connectivity index (χ3v) is 3.01. The van der Waals surface area contributed by atoms with Gasteiger partial charge in [0, 0.05) is 6.42 Å². The maximum atomic E-state index is 10.1. The first-order valence-corrected chi connectivity index (χ1v) is 4.77. The highest BCUT2D eigenvalue weighted by Crippen LogP contribution is 2.34. The largest absolute Gasteiger partial charge is 0.389 e. The van der Waals surface area contributed by atoms with Gasteiger partial charge in [0.25, 0.3) is 0 Å². The second kappa shape index (κ2) is 4.04. The first kappa shape index (κ1) is 9.72. The SMILES string of the molecule is CCC1CCC(O)(C[C]=O)CC1. The van der Waals surface area contributed by atoms with Crippen molar-refractivity contribution in [2.45, 2.75) is 51.0 Å². The number of rotatable bonds is 3. The molecular formula is C10H17O2. The van der Waals surface area contributed by atoms with Gasteiger partial charge in [-0.05, 0) is 31.6 Å². The predicted molar refractivity (Wildman–Crippen MR) is 47.5 cm³/mol. The maximum Gasteiger partial charge on any atom is 0.201 e. The molecule has 12 heavy (non-hydrogen) atoms. The topological polar surface area (TPSA) is 37.3 Å². The van der Waals surface area contributed by atoms with Crippen LogP contribution in [0.25, 0.3) is 0 Å². The summed E-state index contributed by atoms with van der Waals surface area (Å²) in [6, 6.07) is 0. The van der Waals surface area contributed by atoms with Gasteiger partial charge in [-0.2, -0.15) is 0 Å². The summed E-state index contributed by atoms with van der Waals surface area (Å²) < 4.78 is 0. The average molecular weight is 169 g/mol. The zero-order valence-corrected chi connectivity index (χ0v) is 7.68. The van der Waals surface area contributed by atoms with E-state index in [1.54, 1.807) is 0 Å². The van der Waals surface area contributed by atoms with Crippen LogP contribution in [0.3, 0.4) is 0 Å². The van der Waals surface area contributed by atoms with E-state index in [4.69, 9.17) is 0 Å². The van der Waals surface area contributed by atoms with Crippen molar-refractivity contribution in [1.29, 1.82) is 0 Å². The second-order valence-corrected chi connectivity index (χ2v) is 3.90. The molecule has 1 saturated carbocycles. The van der Waals surface area contributed by atoms with Crippen molar-refractivity contribution in [3.05, 3.63) is 0 Å². The monoisotopic (exact) mass is 169 g/mol. The Kier molecular flexibility index (Phi) is 3.27. The summed E-state index contributed by atoms with van der Waals surface area (Å²) in [5, 5.41) is 9.82. The molecule has 1 fully saturated rings. The smallest absolute Gasteiger partial charge is 0.201 e. The van der Waals surface area contributed by atoms with Crippen LogP contribution in [0.4, 0.5) is 0 Å². The summed E-state index contributed by atoms with van der Waals surface area (Å²) in [6.45, 7) is 2.18. The molecule has 1 N–H and O–H groups in total. The molecule has 0 aromatic rings. The highest BCUT2D eigenvalue weighted by Gasteiger charge is 2.32. The Balaban J connectivity index is 2.38. The minimum Gasteiger partial charge on any atom is -0.389 e. The summed E-state index contributed by atoms with van der Waals surface area (Å²) in [5.74, 6) is 0.761. The molecule has 1 aliphatic rings. The van der Waals surface area contributed by atoms with Crippen LogP contribution in [0.1, 0.15) is 45.4 Å². The van der Waals surface area contributed by atoms with Crippen LogP contribution in [-0.2, 0) is 4.79 Å². The fourth-order valence-electron chi connectivity index (χ4n) is 1.93. The van der Waals surface area contributed by atoms with Gasteiger partial charge in [-0.15, -0.1) is 0 Å². The van der Waals surface area contributed by atoms with Gasteiger partial charge in [0.1, 0.15) is 0 Å². The molecule has 0 spiro atoms. The minimum atomic E-state index is -0.715. The van der Waals surface area contributed by atoms with Gasteiger partial charge in [0.15, 0.2) is 0 Å². The van der Waals surface area contributed by atoms with E-state index in [1.165, 1.54) is 6.42 Å². The molecule has 0 atom stereocenters. The molecule has 0 aliphatic heterocycles. The summed E-state index contributed by atoms with van der Waals surface area (Å²) in [7, 11) is 0. The van der Waals surface area contributed by atoms with Crippen LogP contribution >= 0.6 is 0 Å². The van der Waals surface area contributed by atoms with Crippen LogP contribution < -0.4 is 0 Å². The van der Waals surface area contributed by atoms with E-state index in [2.05, 4.69) is 6.92 Å². The van der Waals surface area contributed by atoms with Crippen molar-refractivity contribution in [3.8, 4) is 0 Å². The van der Waals surface area contributed by atoms with Crippen LogP contribution in [0.15, 0.2) is 0 Å². The van der Waals surface area contributed by atoms with Crippen LogP contribution in [0.2, 0.25) is 0 Å². The summed E-state index contributed by atoms with van der Waals surface area (Å²) >= 11 is 0. The standard InChI is InChI=1S/C10H17O2/c1-2-9-3-5-10(12,6-4-9)7-8-11/h9,12H,2-7H2,1H3. The Morgan fingerprint density at radius 1 is 1.50 bits per heavy atom. The number of hydrogen-bond acceptors (Lipinski definition) is 2. The van der Waals surface area contributed by atoms with Crippen LogP contribution in [-0.4, -0.2) is 17.0 Å². The third-order valence-electron chi connectivity index (χ3n) is 3.01. The molecule has 0 bridgehead atoms. The lowest BCUT2D eigenvalue weighted by molar-refractivity contribution is -0.00340. The molecular weight excluding hydrogens is 152 g/mol. The Hall–Kier alpha value is -0.370.